The Morgan fingerprint density at radius 2 is 2.13 bits per heavy atom. The zero-order valence-electron chi connectivity index (χ0n) is 12.3. The zero-order chi connectivity index (χ0) is 16.0. The molecule has 7 nitrogen and oxygen atoms in total. The van der Waals surface area contributed by atoms with Crippen LogP contribution in [-0.4, -0.2) is 30.8 Å². The van der Waals surface area contributed by atoms with Gasteiger partial charge in [0.05, 0.1) is 5.52 Å². The van der Waals surface area contributed by atoms with Crippen molar-refractivity contribution >= 4 is 22.8 Å². The van der Waals surface area contributed by atoms with Crippen LogP contribution in [0.25, 0.3) is 10.9 Å². The predicted octanol–water partition coefficient (Wildman–Crippen LogP) is 1.96. The van der Waals surface area contributed by atoms with E-state index in [4.69, 9.17) is 5.73 Å². The van der Waals surface area contributed by atoms with E-state index in [-0.39, 0.29) is 11.9 Å². The number of nitrogens with zero attached hydrogens (tertiary/aromatic N) is 4. The number of benzene rings is 1. The minimum Gasteiger partial charge on any atom is -0.480 e. The van der Waals surface area contributed by atoms with Gasteiger partial charge in [-0.2, -0.15) is 4.98 Å². The van der Waals surface area contributed by atoms with Crippen LogP contribution < -0.4 is 5.73 Å². The molecule has 0 saturated carbocycles. The summed E-state index contributed by atoms with van der Waals surface area (Å²) in [6.07, 6.45) is 2.99. The quantitative estimate of drug-likeness (QED) is 0.749. The molecule has 0 spiro atoms. The van der Waals surface area contributed by atoms with Crippen molar-refractivity contribution in [2.75, 3.05) is 5.73 Å². The van der Waals surface area contributed by atoms with Crippen LogP contribution >= 0.6 is 0 Å². The highest BCUT2D eigenvalue weighted by Crippen LogP contribution is 2.37. The lowest BCUT2D eigenvalue weighted by Gasteiger charge is -2.26. The third-order valence-corrected chi connectivity index (χ3v) is 4.31. The first-order valence-electron chi connectivity index (χ1n) is 7.43. The maximum atomic E-state index is 11.4. The number of carboxylic acid groups (broad SMARTS) is 1. The number of nitrogen functional groups attached to an aromatic ring is 1. The normalized spacial score (nSPS) is 20.3. The molecule has 3 N–H and O–H groups in total. The molecule has 23 heavy (non-hydrogen) atoms. The van der Waals surface area contributed by atoms with Crippen molar-refractivity contribution < 1.29 is 9.90 Å². The van der Waals surface area contributed by atoms with E-state index >= 15 is 0 Å². The molecule has 4 rings (SSSR count). The summed E-state index contributed by atoms with van der Waals surface area (Å²) in [5.41, 5.74) is 7.63. The minimum atomic E-state index is -0.911. The second-order valence-corrected chi connectivity index (χ2v) is 5.72. The van der Waals surface area contributed by atoms with E-state index in [9.17, 15) is 9.90 Å². The summed E-state index contributed by atoms with van der Waals surface area (Å²) < 4.78 is 1.45. The second kappa shape index (κ2) is 5.05. The van der Waals surface area contributed by atoms with Gasteiger partial charge >= 0.3 is 5.97 Å². The number of aliphatic carboxylic acids is 1. The van der Waals surface area contributed by atoms with Crippen molar-refractivity contribution in [3.63, 3.8) is 0 Å². The number of para-hydroxylation sites is 1. The van der Waals surface area contributed by atoms with Gasteiger partial charge in [0.15, 0.2) is 6.04 Å². The van der Waals surface area contributed by atoms with Gasteiger partial charge in [-0.1, -0.05) is 18.2 Å². The number of aromatic nitrogens is 4. The lowest BCUT2D eigenvalue weighted by molar-refractivity contribution is -0.141. The standard InChI is InChI=1S/C16H15N5O2/c17-16-19-14-11(5-6-13(15(22)23)21(14)20-16)10-7-9-3-1-2-4-12(9)18-8-10/h1-4,7-8,11,13H,5-6H2,(H2,17,20)(H,22,23). The van der Waals surface area contributed by atoms with Crippen molar-refractivity contribution in [3.8, 4) is 0 Å². The summed E-state index contributed by atoms with van der Waals surface area (Å²) in [5.74, 6) is -0.260. The van der Waals surface area contributed by atoms with Crippen LogP contribution in [0.2, 0.25) is 0 Å². The van der Waals surface area contributed by atoms with E-state index in [0.717, 1.165) is 16.5 Å². The number of nitrogens with two attached hydrogens (primary N) is 1. The maximum Gasteiger partial charge on any atom is 0.328 e. The molecule has 1 aliphatic rings. The molecule has 2 aromatic heterocycles. The van der Waals surface area contributed by atoms with Crippen molar-refractivity contribution in [2.45, 2.75) is 24.8 Å². The third kappa shape index (κ3) is 2.21. The fraction of sp³-hybridized carbons (Fsp3) is 0.250. The molecule has 1 aromatic carbocycles. The molecule has 7 heteroatoms. The van der Waals surface area contributed by atoms with Gasteiger partial charge in [0.25, 0.3) is 0 Å². The van der Waals surface area contributed by atoms with Crippen molar-refractivity contribution in [1.82, 2.24) is 19.7 Å². The summed E-state index contributed by atoms with van der Waals surface area (Å²) in [7, 11) is 0. The second-order valence-electron chi connectivity index (χ2n) is 5.72. The van der Waals surface area contributed by atoms with Gasteiger partial charge in [0.1, 0.15) is 5.82 Å². The Kier molecular flexibility index (Phi) is 3.00. The van der Waals surface area contributed by atoms with Crippen molar-refractivity contribution in [2.24, 2.45) is 0 Å². The van der Waals surface area contributed by atoms with Gasteiger partial charge < -0.3 is 10.8 Å². The first kappa shape index (κ1) is 13.7. The summed E-state index contributed by atoms with van der Waals surface area (Å²) >= 11 is 0. The molecule has 3 aromatic rings. The van der Waals surface area contributed by atoms with E-state index in [2.05, 4.69) is 21.1 Å². The number of anilines is 1. The molecule has 0 aliphatic carbocycles. The van der Waals surface area contributed by atoms with Crippen LogP contribution in [-0.2, 0) is 4.79 Å². The highest BCUT2D eigenvalue weighted by atomic mass is 16.4. The fourth-order valence-electron chi connectivity index (χ4n) is 3.22. The number of rotatable bonds is 2. The highest BCUT2D eigenvalue weighted by molar-refractivity contribution is 5.79. The van der Waals surface area contributed by atoms with Gasteiger partial charge in [-0.25, -0.2) is 9.48 Å². The smallest absolute Gasteiger partial charge is 0.328 e. The lowest BCUT2D eigenvalue weighted by Crippen LogP contribution is -2.28. The Hall–Kier alpha value is -2.96. The molecular formula is C16H15N5O2. The van der Waals surface area contributed by atoms with Crippen molar-refractivity contribution in [1.29, 1.82) is 0 Å². The van der Waals surface area contributed by atoms with E-state index in [1.807, 2.05) is 30.5 Å². The van der Waals surface area contributed by atoms with Crippen LogP contribution in [0.5, 0.6) is 0 Å². The molecule has 0 bridgehead atoms. The average Bonchev–Trinajstić information content (AvgIpc) is 2.94. The first-order valence-corrected chi connectivity index (χ1v) is 7.43. The van der Waals surface area contributed by atoms with Gasteiger partial charge in [-0.05, 0) is 30.5 Å². The van der Waals surface area contributed by atoms with Crippen LogP contribution in [0.3, 0.4) is 0 Å². The summed E-state index contributed by atoms with van der Waals surface area (Å²) in [5, 5.41) is 14.5. The lowest BCUT2D eigenvalue weighted by atomic mass is 9.89. The third-order valence-electron chi connectivity index (χ3n) is 4.31. The molecular weight excluding hydrogens is 294 g/mol. The van der Waals surface area contributed by atoms with Crippen LogP contribution in [0.4, 0.5) is 5.95 Å². The van der Waals surface area contributed by atoms with E-state index in [0.29, 0.717) is 18.7 Å². The number of carboxylic acids is 1. The van der Waals surface area contributed by atoms with Gasteiger partial charge in [-0.3, -0.25) is 4.98 Å². The summed E-state index contributed by atoms with van der Waals surface area (Å²) in [4.78, 5) is 20.1. The molecule has 0 amide bonds. The van der Waals surface area contributed by atoms with Gasteiger partial charge in [0.2, 0.25) is 5.95 Å². The van der Waals surface area contributed by atoms with Gasteiger partial charge in [-0.15, -0.1) is 5.10 Å². The molecule has 2 unspecified atom stereocenters. The Morgan fingerprint density at radius 3 is 2.96 bits per heavy atom. The van der Waals surface area contributed by atoms with Crippen LogP contribution in [0.1, 0.15) is 36.2 Å². The number of carbonyl (C=O) groups is 1. The monoisotopic (exact) mass is 309 g/mol. The molecule has 116 valence electrons. The van der Waals surface area contributed by atoms with E-state index < -0.39 is 12.0 Å². The minimum absolute atomic E-state index is 0.0486. The number of hydrogen-bond donors (Lipinski definition) is 2. The highest BCUT2D eigenvalue weighted by Gasteiger charge is 2.35. The molecule has 2 atom stereocenters. The SMILES string of the molecule is Nc1nc2n(n1)C(C(=O)O)CCC2c1cnc2ccccc2c1. The Balaban J connectivity index is 1.81. The largest absolute Gasteiger partial charge is 0.480 e. The van der Waals surface area contributed by atoms with E-state index in [1.54, 1.807) is 0 Å². The molecule has 0 saturated heterocycles. The summed E-state index contributed by atoms with van der Waals surface area (Å²) in [6, 6.07) is 9.25. The number of hydrogen-bond acceptors (Lipinski definition) is 5. The first-order chi connectivity index (χ1) is 11.1. The summed E-state index contributed by atoms with van der Waals surface area (Å²) in [6.45, 7) is 0. The molecule has 3 heterocycles. The van der Waals surface area contributed by atoms with Crippen LogP contribution in [0.15, 0.2) is 36.5 Å². The maximum absolute atomic E-state index is 11.4. The fourth-order valence-corrected chi connectivity index (χ4v) is 3.22. The topological polar surface area (TPSA) is 107 Å². The number of pyridine rings is 1. The molecule has 0 fully saturated rings. The molecule has 1 aliphatic heterocycles. The van der Waals surface area contributed by atoms with E-state index in [1.165, 1.54) is 4.68 Å². The zero-order valence-corrected chi connectivity index (χ0v) is 12.3. The Bertz CT molecular complexity index is 904. The van der Waals surface area contributed by atoms with Gasteiger partial charge in [0, 0.05) is 17.5 Å². The Labute approximate surface area is 131 Å². The van der Waals surface area contributed by atoms with Crippen molar-refractivity contribution in [3.05, 3.63) is 47.9 Å². The number of fused-ring (bicyclic) bond motifs is 2. The Morgan fingerprint density at radius 1 is 1.30 bits per heavy atom. The average molecular weight is 309 g/mol. The predicted molar refractivity (Wildman–Crippen MR) is 83.9 cm³/mol. The molecule has 0 radical (unpaired) electrons. The van der Waals surface area contributed by atoms with Crippen LogP contribution in [0, 0.1) is 0 Å².